The standard InChI is InChI=1S/C21H30O5/c1-13-5-8-16-20(2,10-9-17(23)21(16,3)12-22)15(13)7-6-14-11-18(25-4)26-19(14)24/h6-7,11,15-18,22-23H,1,5,8-10,12H2,2-4H3/b7-6+/t15-,16-,17-,18-,20+,21+/m1/s1. The number of aliphatic hydroxyl groups excluding tert-OH is 2. The highest BCUT2D eigenvalue weighted by molar-refractivity contribution is 5.93. The van der Waals surface area contributed by atoms with E-state index in [0.717, 1.165) is 24.8 Å². The van der Waals surface area contributed by atoms with Crippen molar-refractivity contribution in [3.8, 4) is 0 Å². The van der Waals surface area contributed by atoms with Crippen LogP contribution in [0.25, 0.3) is 0 Å². The van der Waals surface area contributed by atoms with Crippen molar-refractivity contribution in [2.24, 2.45) is 22.7 Å². The molecule has 3 rings (SSSR count). The highest BCUT2D eigenvalue weighted by Crippen LogP contribution is 2.61. The first-order chi connectivity index (χ1) is 12.3. The van der Waals surface area contributed by atoms with E-state index in [4.69, 9.17) is 9.47 Å². The lowest BCUT2D eigenvalue weighted by Crippen LogP contribution is -2.57. The third-order valence-corrected chi connectivity index (χ3v) is 7.03. The van der Waals surface area contributed by atoms with Gasteiger partial charge in [-0.15, -0.1) is 0 Å². The van der Waals surface area contributed by atoms with Crippen molar-refractivity contribution in [2.75, 3.05) is 13.7 Å². The number of cyclic esters (lactones) is 1. The predicted molar refractivity (Wildman–Crippen MR) is 98.0 cm³/mol. The van der Waals surface area contributed by atoms with Gasteiger partial charge in [-0.1, -0.05) is 38.2 Å². The number of hydrogen-bond acceptors (Lipinski definition) is 5. The molecule has 6 atom stereocenters. The van der Waals surface area contributed by atoms with Gasteiger partial charge in [0.15, 0.2) is 0 Å². The summed E-state index contributed by atoms with van der Waals surface area (Å²) in [5.74, 6) is -0.0921. The quantitative estimate of drug-likeness (QED) is 0.594. The molecule has 0 aromatic heterocycles. The summed E-state index contributed by atoms with van der Waals surface area (Å²) >= 11 is 0. The van der Waals surface area contributed by atoms with E-state index >= 15 is 0 Å². The third kappa shape index (κ3) is 2.96. The lowest BCUT2D eigenvalue weighted by Gasteiger charge is -2.59. The number of carbonyl (C=O) groups excluding carboxylic acids is 1. The lowest BCUT2D eigenvalue weighted by atomic mass is 9.46. The number of allylic oxidation sites excluding steroid dienone is 2. The highest BCUT2D eigenvalue weighted by Gasteiger charge is 2.57. The Hall–Kier alpha value is -1.43. The van der Waals surface area contributed by atoms with E-state index in [0.29, 0.717) is 12.0 Å². The van der Waals surface area contributed by atoms with Gasteiger partial charge in [-0.05, 0) is 43.1 Å². The van der Waals surface area contributed by atoms with Crippen LogP contribution in [-0.2, 0) is 14.3 Å². The van der Waals surface area contributed by atoms with E-state index in [1.54, 1.807) is 6.08 Å². The van der Waals surface area contributed by atoms with Crippen molar-refractivity contribution >= 4 is 5.97 Å². The summed E-state index contributed by atoms with van der Waals surface area (Å²) in [6.45, 7) is 8.49. The van der Waals surface area contributed by atoms with Crippen LogP contribution in [0.2, 0.25) is 0 Å². The van der Waals surface area contributed by atoms with Gasteiger partial charge in [0.25, 0.3) is 0 Å². The van der Waals surface area contributed by atoms with Gasteiger partial charge in [-0.2, -0.15) is 0 Å². The average molecular weight is 362 g/mol. The van der Waals surface area contributed by atoms with Crippen LogP contribution in [-0.4, -0.2) is 42.3 Å². The van der Waals surface area contributed by atoms with Crippen LogP contribution < -0.4 is 0 Å². The number of hydrogen-bond donors (Lipinski definition) is 2. The molecule has 0 unspecified atom stereocenters. The first-order valence-corrected chi connectivity index (χ1v) is 9.36. The molecule has 26 heavy (non-hydrogen) atoms. The van der Waals surface area contributed by atoms with E-state index < -0.39 is 17.8 Å². The van der Waals surface area contributed by atoms with Crippen LogP contribution in [0.15, 0.2) is 36.0 Å². The SMILES string of the molecule is C=C1CC[C@H]2[C@](C)(CO)[C@H](O)CC[C@@]2(C)[C@@H]1/C=C/C1=C[C@H](OC)OC1=O. The normalized spacial score (nSPS) is 43.3. The lowest BCUT2D eigenvalue weighted by molar-refractivity contribution is -0.154. The van der Waals surface area contributed by atoms with Gasteiger partial charge >= 0.3 is 5.97 Å². The van der Waals surface area contributed by atoms with E-state index in [2.05, 4.69) is 19.6 Å². The summed E-state index contributed by atoms with van der Waals surface area (Å²) in [6, 6.07) is 0. The number of esters is 1. The Kier molecular flexibility index (Phi) is 5.17. The van der Waals surface area contributed by atoms with Gasteiger partial charge in [0, 0.05) is 18.4 Å². The Morgan fingerprint density at radius 2 is 2.15 bits per heavy atom. The van der Waals surface area contributed by atoms with Crippen LogP contribution >= 0.6 is 0 Å². The van der Waals surface area contributed by atoms with Crippen molar-refractivity contribution in [1.82, 2.24) is 0 Å². The molecule has 1 aliphatic heterocycles. The fourth-order valence-corrected chi connectivity index (χ4v) is 5.35. The summed E-state index contributed by atoms with van der Waals surface area (Å²) in [5.41, 5.74) is 1.03. The zero-order valence-electron chi connectivity index (χ0n) is 15.9. The predicted octanol–water partition coefficient (Wildman–Crippen LogP) is 2.74. The van der Waals surface area contributed by atoms with Crippen LogP contribution in [0.3, 0.4) is 0 Å². The van der Waals surface area contributed by atoms with E-state index in [-0.39, 0.29) is 29.8 Å². The van der Waals surface area contributed by atoms with E-state index in [1.807, 2.05) is 13.0 Å². The number of aliphatic hydroxyl groups is 2. The molecule has 0 radical (unpaired) electrons. The smallest absolute Gasteiger partial charge is 0.340 e. The van der Waals surface area contributed by atoms with Gasteiger partial charge in [-0.3, -0.25) is 0 Å². The summed E-state index contributed by atoms with van der Waals surface area (Å²) < 4.78 is 10.2. The minimum atomic E-state index is -0.623. The van der Waals surface area contributed by atoms with Gasteiger partial charge < -0.3 is 19.7 Å². The van der Waals surface area contributed by atoms with Crippen LogP contribution in [0.4, 0.5) is 0 Å². The topological polar surface area (TPSA) is 76.0 Å². The highest BCUT2D eigenvalue weighted by atomic mass is 16.7. The molecule has 144 valence electrons. The van der Waals surface area contributed by atoms with Crippen LogP contribution in [0.5, 0.6) is 0 Å². The fraction of sp³-hybridized carbons (Fsp3) is 0.667. The zero-order chi connectivity index (χ0) is 19.1. The maximum absolute atomic E-state index is 11.9. The second-order valence-electron chi connectivity index (χ2n) is 8.44. The largest absolute Gasteiger partial charge is 0.428 e. The number of rotatable bonds is 4. The van der Waals surface area contributed by atoms with Gasteiger partial charge in [0.1, 0.15) is 0 Å². The van der Waals surface area contributed by atoms with Crippen molar-refractivity contribution in [3.63, 3.8) is 0 Å². The third-order valence-electron chi connectivity index (χ3n) is 7.03. The Morgan fingerprint density at radius 1 is 1.42 bits per heavy atom. The van der Waals surface area contributed by atoms with Gasteiger partial charge in [-0.25, -0.2) is 4.79 Å². The molecule has 3 aliphatic rings. The average Bonchev–Trinajstić information content (AvgIpc) is 2.98. The van der Waals surface area contributed by atoms with Gasteiger partial charge in [0.05, 0.1) is 18.3 Å². The summed E-state index contributed by atoms with van der Waals surface area (Å²) in [7, 11) is 1.50. The Labute approximate surface area is 155 Å². The Morgan fingerprint density at radius 3 is 2.77 bits per heavy atom. The van der Waals surface area contributed by atoms with Crippen molar-refractivity contribution in [3.05, 3.63) is 36.0 Å². The zero-order valence-corrected chi connectivity index (χ0v) is 15.9. The molecule has 5 nitrogen and oxygen atoms in total. The molecule has 0 amide bonds. The first kappa shape index (κ1) is 19.3. The molecule has 2 fully saturated rings. The Balaban J connectivity index is 1.90. The molecule has 2 aliphatic carbocycles. The number of carbonyl (C=O) groups is 1. The minimum Gasteiger partial charge on any atom is -0.428 e. The minimum absolute atomic E-state index is 0.0235. The molecule has 0 aromatic rings. The second-order valence-corrected chi connectivity index (χ2v) is 8.44. The fourth-order valence-electron chi connectivity index (χ4n) is 5.35. The molecule has 0 bridgehead atoms. The van der Waals surface area contributed by atoms with Crippen LogP contribution in [0, 0.1) is 22.7 Å². The number of fused-ring (bicyclic) bond motifs is 1. The van der Waals surface area contributed by atoms with E-state index in [1.165, 1.54) is 7.11 Å². The molecular formula is C21H30O5. The van der Waals surface area contributed by atoms with Crippen molar-refractivity contribution in [2.45, 2.75) is 51.9 Å². The van der Waals surface area contributed by atoms with E-state index in [9.17, 15) is 15.0 Å². The molecule has 2 saturated carbocycles. The molecule has 5 heteroatoms. The van der Waals surface area contributed by atoms with Crippen molar-refractivity contribution in [1.29, 1.82) is 0 Å². The first-order valence-electron chi connectivity index (χ1n) is 9.36. The molecule has 2 N–H and O–H groups in total. The monoisotopic (exact) mass is 362 g/mol. The van der Waals surface area contributed by atoms with Gasteiger partial charge in [0.2, 0.25) is 6.29 Å². The van der Waals surface area contributed by atoms with Crippen molar-refractivity contribution < 1.29 is 24.5 Å². The molecule has 0 aromatic carbocycles. The summed E-state index contributed by atoms with van der Waals surface area (Å²) in [5, 5.41) is 20.6. The summed E-state index contributed by atoms with van der Waals surface area (Å²) in [4.78, 5) is 11.9. The molecule has 0 spiro atoms. The molecular weight excluding hydrogens is 332 g/mol. The van der Waals surface area contributed by atoms with Crippen LogP contribution in [0.1, 0.15) is 39.5 Å². The maximum atomic E-state index is 11.9. The number of methoxy groups -OCH3 is 1. The molecule has 0 saturated heterocycles. The maximum Gasteiger partial charge on any atom is 0.340 e. The number of ether oxygens (including phenoxy) is 2. The second kappa shape index (κ2) is 6.95. The summed E-state index contributed by atoms with van der Waals surface area (Å²) in [6.07, 6.45) is 7.74. The Bertz CT molecular complexity index is 651. The molecule has 1 heterocycles.